The molecule has 0 aliphatic rings. The molecule has 78 valence electrons. The number of carbonyl (C=O) groups is 1. The lowest BCUT2D eigenvalue weighted by Crippen LogP contribution is -2.48. The summed E-state index contributed by atoms with van der Waals surface area (Å²) in [5.74, 6) is -2.33. The third kappa shape index (κ3) is 1.48. The summed E-state index contributed by atoms with van der Waals surface area (Å²) in [7, 11) is 0. The van der Waals surface area contributed by atoms with Crippen LogP contribution in [-0.4, -0.2) is 22.4 Å². The lowest BCUT2D eigenvalue weighted by Gasteiger charge is -2.24. The van der Waals surface area contributed by atoms with Crippen molar-refractivity contribution >= 4 is 17.3 Å². The van der Waals surface area contributed by atoms with E-state index in [2.05, 4.69) is 0 Å². The topological polar surface area (TPSA) is 57.5 Å². The van der Waals surface area contributed by atoms with Gasteiger partial charge < -0.3 is 10.2 Å². The van der Waals surface area contributed by atoms with Gasteiger partial charge in [0, 0.05) is 5.56 Å². The molecular formula is C7H5F3O3S. The van der Waals surface area contributed by atoms with E-state index in [-0.39, 0.29) is 0 Å². The van der Waals surface area contributed by atoms with Crippen molar-refractivity contribution in [3.8, 4) is 0 Å². The SMILES string of the molecule is O=C(O)C(O)(c1ccsc1)C(F)(F)F. The van der Waals surface area contributed by atoms with Crippen LogP contribution in [0.25, 0.3) is 0 Å². The highest BCUT2D eigenvalue weighted by atomic mass is 32.1. The van der Waals surface area contributed by atoms with E-state index in [1.165, 1.54) is 5.38 Å². The standard InChI is InChI=1S/C7H5F3O3S/c8-7(9,10)6(13,5(11)12)4-1-2-14-3-4/h1-3,13H,(H,11,12). The van der Waals surface area contributed by atoms with Gasteiger partial charge in [-0.25, -0.2) is 4.79 Å². The molecule has 0 spiro atoms. The number of carboxylic acid groups (broad SMARTS) is 1. The fourth-order valence-corrected chi connectivity index (χ4v) is 1.58. The molecule has 7 heteroatoms. The minimum absolute atomic E-state index is 0.678. The third-order valence-electron chi connectivity index (χ3n) is 1.66. The summed E-state index contributed by atoms with van der Waals surface area (Å²) >= 11 is 0.877. The van der Waals surface area contributed by atoms with Crippen LogP contribution in [0.3, 0.4) is 0 Å². The Bertz CT molecular complexity index is 332. The molecule has 1 aromatic heterocycles. The van der Waals surface area contributed by atoms with Crippen molar-refractivity contribution in [3.05, 3.63) is 22.4 Å². The van der Waals surface area contributed by atoms with Crippen LogP contribution in [0.2, 0.25) is 0 Å². The molecule has 1 atom stereocenters. The maximum Gasteiger partial charge on any atom is 0.432 e. The first-order chi connectivity index (χ1) is 6.30. The Hall–Kier alpha value is -1.08. The number of aliphatic hydroxyl groups is 1. The number of alkyl halides is 3. The maximum absolute atomic E-state index is 12.3. The lowest BCUT2D eigenvalue weighted by molar-refractivity contribution is -0.265. The molecule has 0 fully saturated rings. The quantitative estimate of drug-likeness (QED) is 0.804. The highest BCUT2D eigenvalue weighted by Gasteiger charge is 2.61. The molecule has 1 rings (SSSR count). The van der Waals surface area contributed by atoms with Gasteiger partial charge in [-0.15, -0.1) is 0 Å². The number of hydrogen-bond acceptors (Lipinski definition) is 3. The summed E-state index contributed by atoms with van der Waals surface area (Å²) in [4.78, 5) is 10.4. The van der Waals surface area contributed by atoms with Gasteiger partial charge in [-0.05, 0) is 16.8 Å². The number of halogens is 3. The van der Waals surface area contributed by atoms with Crippen LogP contribution < -0.4 is 0 Å². The van der Waals surface area contributed by atoms with Crippen LogP contribution in [0.15, 0.2) is 16.8 Å². The smallest absolute Gasteiger partial charge is 0.432 e. The van der Waals surface area contributed by atoms with Crippen LogP contribution >= 0.6 is 11.3 Å². The Morgan fingerprint density at radius 3 is 2.29 bits per heavy atom. The first-order valence-corrected chi connectivity index (χ1v) is 4.29. The zero-order chi connectivity index (χ0) is 11.0. The van der Waals surface area contributed by atoms with E-state index < -0.39 is 23.3 Å². The Morgan fingerprint density at radius 2 is 2.00 bits per heavy atom. The molecule has 1 heterocycles. The molecule has 14 heavy (non-hydrogen) atoms. The van der Waals surface area contributed by atoms with Gasteiger partial charge in [-0.1, -0.05) is 0 Å². The van der Waals surface area contributed by atoms with E-state index in [1.54, 1.807) is 0 Å². The summed E-state index contributed by atoms with van der Waals surface area (Å²) in [5.41, 5.74) is -4.49. The minimum atomic E-state index is -5.24. The van der Waals surface area contributed by atoms with Gasteiger partial charge in [-0.3, -0.25) is 0 Å². The highest BCUT2D eigenvalue weighted by molar-refractivity contribution is 7.08. The summed E-state index contributed by atoms with van der Waals surface area (Å²) in [6.07, 6.45) is -5.24. The van der Waals surface area contributed by atoms with Crippen molar-refractivity contribution in [1.29, 1.82) is 0 Å². The predicted octanol–water partition coefficient (Wildman–Crippen LogP) is 1.58. The van der Waals surface area contributed by atoms with E-state index in [0.717, 1.165) is 22.8 Å². The number of aliphatic carboxylic acids is 1. The van der Waals surface area contributed by atoms with Crippen LogP contribution in [0.1, 0.15) is 5.56 Å². The molecular weight excluding hydrogens is 221 g/mol. The van der Waals surface area contributed by atoms with E-state index in [1.807, 2.05) is 0 Å². The molecule has 1 aromatic rings. The summed E-state index contributed by atoms with van der Waals surface area (Å²) in [6, 6.07) is 0.923. The Labute approximate surface area is 80.4 Å². The lowest BCUT2D eigenvalue weighted by atomic mass is 9.96. The number of hydrogen-bond donors (Lipinski definition) is 2. The van der Waals surface area contributed by atoms with Crippen molar-refractivity contribution in [2.75, 3.05) is 0 Å². The summed E-state index contributed by atoms with van der Waals surface area (Å²) in [6.45, 7) is 0. The van der Waals surface area contributed by atoms with Gasteiger partial charge >= 0.3 is 12.1 Å². The van der Waals surface area contributed by atoms with Crippen molar-refractivity contribution in [2.45, 2.75) is 11.8 Å². The van der Waals surface area contributed by atoms with Crippen LogP contribution in [0, 0.1) is 0 Å². The largest absolute Gasteiger partial charge is 0.479 e. The number of carboxylic acids is 1. The normalized spacial score (nSPS) is 16.3. The predicted molar refractivity (Wildman–Crippen MR) is 41.9 cm³/mol. The summed E-state index contributed by atoms with van der Waals surface area (Å²) < 4.78 is 36.9. The van der Waals surface area contributed by atoms with Gasteiger partial charge in [0.1, 0.15) is 0 Å². The van der Waals surface area contributed by atoms with E-state index >= 15 is 0 Å². The molecule has 0 aliphatic heterocycles. The van der Waals surface area contributed by atoms with E-state index in [9.17, 15) is 18.0 Å². The molecule has 0 saturated carbocycles. The molecule has 0 aliphatic carbocycles. The van der Waals surface area contributed by atoms with Gasteiger partial charge in [0.2, 0.25) is 0 Å². The Kier molecular flexibility index (Phi) is 2.55. The first-order valence-electron chi connectivity index (χ1n) is 3.35. The van der Waals surface area contributed by atoms with Gasteiger partial charge in [0.05, 0.1) is 0 Å². The summed E-state index contributed by atoms with van der Waals surface area (Å²) in [5, 5.41) is 19.6. The van der Waals surface area contributed by atoms with Crippen LogP contribution in [0.4, 0.5) is 13.2 Å². The van der Waals surface area contributed by atoms with Gasteiger partial charge in [0.25, 0.3) is 5.60 Å². The van der Waals surface area contributed by atoms with E-state index in [0.29, 0.717) is 0 Å². The average molecular weight is 226 g/mol. The monoisotopic (exact) mass is 226 g/mol. The van der Waals surface area contributed by atoms with Crippen molar-refractivity contribution in [3.63, 3.8) is 0 Å². The second kappa shape index (κ2) is 3.25. The number of rotatable bonds is 2. The Morgan fingerprint density at radius 1 is 1.43 bits per heavy atom. The fourth-order valence-electron chi connectivity index (χ4n) is 0.879. The highest BCUT2D eigenvalue weighted by Crippen LogP contribution is 2.39. The molecule has 0 saturated heterocycles. The van der Waals surface area contributed by atoms with E-state index in [4.69, 9.17) is 10.2 Å². The molecule has 0 bridgehead atoms. The van der Waals surface area contributed by atoms with Crippen LogP contribution in [-0.2, 0) is 10.4 Å². The molecule has 3 nitrogen and oxygen atoms in total. The third-order valence-corrected chi connectivity index (χ3v) is 2.34. The maximum atomic E-state index is 12.3. The molecule has 1 unspecified atom stereocenters. The molecule has 0 radical (unpaired) electrons. The zero-order valence-corrected chi connectivity index (χ0v) is 7.39. The van der Waals surface area contributed by atoms with Crippen molar-refractivity contribution in [1.82, 2.24) is 0 Å². The van der Waals surface area contributed by atoms with Gasteiger partial charge in [0.15, 0.2) is 0 Å². The second-order valence-corrected chi connectivity index (χ2v) is 3.31. The van der Waals surface area contributed by atoms with Crippen molar-refractivity contribution in [2.24, 2.45) is 0 Å². The van der Waals surface area contributed by atoms with Crippen LogP contribution in [0.5, 0.6) is 0 Å². The van der Waals surface area contributed by atoms with Crippen molar-refractivity contribution < 1.29 is 28.2 Å². The minimum Gasteiger partial charge on any atom is -0.479 e. The average Bonchev–Trinajstić information content (AvgIpc) is 2.52. The first kappa shape index (κ1) is 11.0. The zero-order valence-electron chi connectivity index (χ0n) is 6.58. The van der Waals surface area contributed by atoms with Gasteiger partial charge in [-0.2, -0.15) is 24.5 Å². The fraction of sp³-hybridized carbons (Fsp3) is 0.286. The molecule has 0 aromatic carbocycles. The Balaban J connectivity index is 3.27. The molecule has 2 N–H and O–H groups in total. The second-order valence-electron chi connectivity index (χ2n) is 2.53. The number of thiophene rings is 1. The molecule has 0 amide bonds.